The van der Waals surface area contributed by atoms with Gasteiger partial charge in [-0.1, -0.05) is 73.8 Å². The Balaban J connectivity index is 0.000000279. The van der Waals surface area contributed by atoms with Gasteiger partial charge >= 0.3 is 0 Å². The van der Waals surface area contributed by atoms with E-state index in [1.807, 2.05) is 49.6 Å². The van der Waals surface area contributed by atoms with Gasteiger partial charge in [-0.25, -0.2) is 9.13 Å². The summed E-state index contributed by atoms with van der Waals surface area (Å²) < 4.78 is 4.20. The zero-order chi connectivity index (χ0) is 26.8. The third-order valence-corrected chi connectivity index (χ3v) is 4.37. The van der Waals surface area contributed by atoms with Gasteiger partial charge in [-0.3, -0.25) is 9.97 Å². The number of carbonyl (C=O) groups excluding carboxylic acids is 2. The Morgan fingerprint density at radius 3 is 1.25 bits per heavy atom. The van der Waals surface area contributed by atoms with E-state index in [4.69, 9.17) is 19.8 Å². The summed E-state index contributed by atoms with van der Waals surface area (Å²) in [4.78, 5) is 23.8. The summed E-state index contributed by atoms with van der Waals surface area (Å²) in [6.07, 6.45) is 15.5. The van der Waals surface area contributed by atoms with Crippen molar-refractivity contribution in [3.8, 4) is 0 Å². The van der Waals surface area contributed by atoms with Crippen molar-refractivity contribution in [1.82, 2.24) is 9.97 Å². The molecule has 0 unspecified atom stereocenters. The van der Waals surface area contributed by atoms with Crippen molar-refractivity contribution in [2.45, 2.75) is 26.9 Å². The SMILES string of the molecule is C=Cc1ccc(C[n+]2cc[nH]c2)cc1.C=Cc1ccc(C[n+]2cc[nH]c2)cc1.CC(=O)[O-].CC(=O)[O-]. The molecule has 0 saturated carbocycles. The lowest BCUT2D eigenvalue weighted by molar-refractivity contribution is -0.687. The highest BCUT2D eigenvalue weighted by atomic mass is 16.4. The molecule has 8 nitrogen and oxygen atoms in total. The third kappa shape index (κ3) is 13.7. The molecule has 0 aliphatic rings. The Morgan fingerprint density at radius 2 is 1.03 bits per heavy atom. The van der Waals surface area contributed by atoms with E-state index in [0.29, 0.717) is 0 Å². The summed E-state index contributed by atoms with van der Waals surface area (Å²) in [5.74, 6) is -2.17. The number of carboxylic acids is 2. The maximum atomic E-state index is 8.89. The fourth-order valence-corrected chi connectivity index (χ4v) is 2.78. The zero-order valence-electron chi connectivity index (χ0n) is 20.6. The predicted molar refractivity (Wildman–Crippen MR) is 135 cm³/mol. The van der Waals surface area contributed by atoms with E-state index in [1.165, 1.54) is 11.1 Å². The first-order valence-corrected chi connectivity index (χ1v) is 11.0. The molecular formula is C28H32N4O4. The van der Waals surface area contributed by atoms with Gasteiger partial charge in [0.1, 0.15) is 37.9 Å². The highest BCUT2D eigenvalue weighted by molar-refractivity contribution is 5.60. The van der Waals surface area contributed by atoms with Gasteiger partial charge in [-0.2, -0.15) is 0 Å². The van der Waals surface area contributed by atoms with Crippen molar-refractivity contribution in [3.05, 3.63) is 121 Å². The van der Waals surface area contributed by atoms with Crippen LogP contribution in [0.1, 0.15) is 36.1 Å². The average Bonchev–Trinajstić information content (AvgIpc) is 3.54. The number of H-pyrrole nitrogens is 2. The van der Waals surface area contributed by atoms with E-state index in [-0.39, 0.29) is 0 Å². The lowest BCUT2D eigenvalue weighted by Crippen LogP contribution is -2.30. The summed E-state index contributed by atoms with van der Waals surface area (Å²) in [7, 11) is 0. The van der Waals surface area contributed by atoms with Gasteiger partial charge in [0.15, 0.2) is 0 Å². The third-order valence-electron chi connectivity index (χ3n) is 4.37. The Hall–Kier alpha value is -4.72. The molecule has 4 rings (SSSR count). The van der Waals surface area contributed by atoms with Gasteiger partial charge in [0.25, 0.3) is 0 Å². The molecule has 0 saturated heterocycles. The second-order valence-electron chi connectivity index (χ2n) is 7.44. The van der Waals surface area contributed by atoms with Crippen molar-refractivity contribution in [2.75, 3.05) is 0 Å². The van der Waals surface area contributed by atoms with E-state index in [9.17, 15) is 0 Å². The van der Waals surface area contributed by atoms with Crippen LogP contribution < -0.4 is 19.3 Å². The molecule has 0 fully saturated rings. The second kappa shape index (κ2) is 16.8. The van der Waals surface area contributed by atoms with E-state index in [2.05, 4.69) is 80.8 Å². The molecule has 188 valence electrons. The summed E-state index contributed by atoms with van der Waals surface area (Å²) in [5.41, 5.74) is 4.90. The van der Waals surface area contributed by atoms with Crippen LogP contribution in [-0.4, -0.2) is 21.9 Å². The molecule has 4 aromatic rings. The first kappa shape index (κ1) is 29.3. The Morgan fingerprint density at radius 1 is 0.722 bits per heavy atom. The van der Waals surface area contributed by atoms with Crippen molar-refractivity contribution in [1.29, 1.82) is 0 Å². The maximum absolute atomic E-state index is 8.89. The van der Waals surface area contributed by atoms with Crippen LogP contribution >= 0.6 is 0 Å². The predicted octanol–water partition coefficient (Wildman–Crippen LogP) is 1.50. The van der Waals surface area contributed by atoms with Crippen LogP contribution in [-0.2, 0) is 22.7 Å². The van der Waals surface area contributed by atoms with E-state index in [1.54, 1.807) is 0 Å². The smallest absolute Gasteiger partial charge is 0.241 e. The number of aliphatic carboxylic acids is 2. The Kier molecular flexibility index (Phi) is 13.7. The molecule has 0 atom stereocenters. The van der Waals surface area contributed by atoms with Crippen molar-refractivity contribution in [2.24, 2.45) is 0 Å². The first-order valence-electron chi connectivity index (χ1n) is 11.0. The summed E-state index contributed by atoms with van der Waals surface area (Å²) in [6, 6.07) is 16.8. The number of rotatable bonds is 6. The normalized spacial score (nSPS) is 9.17. The van der Waals surface area contributed by atoms with E-state index in [0.717, 1.165) is 38.1 Å². The van der Waals surface area contributed by atoms with Gasteiger partial charge in [-0.15, -0.1) is 0 Å². The number of imidazole rings is 2. The minimum atomic E-state index is -1.08. The number of nitrogens with zero attached hydrogens (tertiary/aromatic N) is 2. The number of benzene rings is 2. The van der Waals surface area contributed by atoms with Gasteiger partial charge in [-0.05, 0) is 36.1 Å². The molecule has 0 amide bonds. The second-order valence-corrected chi connectivity index (χ2v) is 7.44. The van der Waals surface area contributed by atoms with Gasteiger partial charge in [0.05, 0.1) is 0 Å². The van der Waals surface area contributed by atoms with Crippen LogP contribution in [0.25, 0.3) is 12.2 Å². The minimum absolute atomic E-state index is 0.904. The van der Waals surface area contributed by atoms with Crippen LogP contribution in [0.2, 0.25) is 0 Å². The number of aromatic amines is 2. The van der Waals surface area contributed by atoms with Crippen LogP contribution in [0.15, 0.2) is 99.1 Å². The quantitative estimate of drug-likeness (QED) is 0.400. The molecule has 0 aliphatic heterocycles. The largest absolute Gasteiger partial charge is 0.550 e. The number of carboxylic acid groups (broad SMARTS) is 2. The van der Waals surface area contributed by atoms with Gasteiger partial charge in [0, 0.05) is 11.9 Å². The molecule has 0 radical (unpaired) electrons. The van der Waals surface area contributed by atoms with Crippen LogP contribution in [0, 0.1) is 0 Å². The van der Waals surface area contributed by atoms with Crippen LogP contribution in [0.3, 0.4) is 0 Å². The number of nitrogens with one attached hydrogen (secondary N) is 2. The fourth-order valence-electron chi connectivity index (χ4n) is 2.78. The molecule has 36 heavy (non-hydrogen) atoms. The summed E-state index contributed by atoms with van der Waals surface area (Å²) in [5, 5.41) is 17.8. The highest BCUT2D eigenvalue weighted by Gasteiger charge is 1.99. The van der Waals surface area contributed by atoms with E-state index < -0.39 is 11.9 Å². The molecular weight excluding hydrogens is 456 g/mol. The molecule has 0 bridgehead atoms. The number of carbonyl (C=O) groups is 2. The van der Waals surface area contributed by atoms with Crippen molar-refractivity contribution < 1.29 is 28.9 Å². The highest BCUT2D eigenvalue weighted by Crippen LogP contribution is 2.05. The molecule has 2 aromatic carbocycles. The summed E-state index contributed by atoms with van der Waals surface area (Å²) >= 11 is 0. The van der Waals surface area contributed by atoms with Gasteiger partial charge in [0.2, 0.25) is 12.7 Å². The molecule has 0 spiro atoms. The number of hydrogen-bond donors (Lipinski definition) is 2. The molecule has 2 N–H and O–H groups in total. The lowest BCUT2D eigenvalue weighted by Gasteiger charge is -1.98. The van der Waals surface area contributed by atoms with Crippen molar-refractivity contribution >= 4 is 24.1 Å². The monoisotopic (exact) mass is 488 g/mol. The lowest BCUT2D eigenvalue weighted by atomic mass is 10.1. The fraction of sp³-hybridized carbons (Fsp3) is 0.143. The van der Waals surface area contributed by atoms with E-state index >= 15 is 0 Å². The topological polar surface area (TPSA) is 120 Å². The molecule has 2 heterocycles. The molecule has 2 aromatic heterocycles. The minimum Gasteiger partial charge on any atom is -0.550 e. The average molecular weight is 489 g/mol. The number of aromatic nitrogens is 4. The zero-order valence-corrected chi connectivity index (χ0v) is 20.6. The maximum Gasteiger partial charge on any atom is 0.241 e. The molecule has 8 heteroatoms. The van der Waals surface area contributed by atoms with Crippen molar-refractivity contribution in [3.63, 3.8) is 0 Å². The Labute approximate surface area is 211 Å². The van der Waals surface area contributed by atoms with Crippen LogP contribution in [0.4, 0.5) is 0 Å². The molecule has 0 aliphatic carbocycles. The Bertz CT molecular complexity index is 1060. The summed E-state index contributed by atoms with van der Waals surface area (Å²) in [6.45, 7) is 11.2. The number of hydrogen-bond acceptors (Lipinski definition) is 4. The first-order chi connectivity index (χ1) is 17.2. The van der Waals surface area contributed by atoms with Crippen LogP contribution in [0.5, 0.6) is 0 Å². The van der Waals surface area contributed by atoms with Gasteiger partial charge < -0.3 is 19.8 Å². The standard InChI is InChI=1S/2C12H12N2.2C2H4O2/c2*1-2-11-3-5-12(6-4-11)9-14-8-7-13-10-14;2*1-2(3)4/h2*2-8,10H,1,9H2;2*1H3,(H,3,4).